The summed E-state index contributed by atoms with van der Waals surface area (Å²) in [7, 11) is 0. The van der Waals surface area contributed by atoms with Gasteiger partial charge >= 0.3 is 0 Å². The number of aldehydes is 1. The molecule has 112 valence electrons. The van der Waals surface area contributed by atoms with E-state index in [-0.39, 0.29) is 11.7 Å². The topological polar surface area (TPSA) is 34.4 Å². The summed E-state index contributed by atoms with van der Waals surface area (Å²) in [6, 6.07) is 9.52. The van der Waals surface area contributed by atoms with Crippen LogP contribution in [0.25, 0.3) is 16.8 Å². The summed E-state index contributed by atoms with van der Waals surface area (Å²) >= 11 is 6.18. The van der Waals surface area contributed by atoms with Gasteiger partial charge in [-0.2, -0.15) is 5.10 Å². The standard InChI is InChI=1S/C17H14ClFN2O/c1-10(2)16-13(9-22)17(11-3-5-12(19)6-4-11)20-21-14(16)7-8-15(21)18/h3-10H,1-2H3. The van der Waals surface area contributed by atoms with E-state index in [9.17, 15) is 9.18 Å². The Labute approximate surface area is 132 Å². The fourth-order valence-electron chi connectivity index (χ4n) is 2.68. The van der Waals surface area contributed by atoms with Gasteiger partial charge in [-0.3, -0.25) is 4.79 Å². The molecule has 0 bridgehead atoms. The number of rotatable bonds is 3. The summed E-state index contributed by atoms with van der Waals surface area (Å²) in [4.78, 5) is 11.7. The van der Waals surface area contributed by atoms with Gasteiger partial charge in [0.1, 0.15) is 16.7 Å². The second kappa shape index (κ2) is 5.54. The summed E-state index contributed by atoms with van der Waals surface area (Å²) in [6.45, 7) is 4.02. The van der Waals surface area contributed by atoms with Gasteiger partial charge in [0.25, 0.3) is 0 Å². The fraction of sp³-hybridized carbons (Fsp3) is 0.176. The first-order chi connectivity index (χ1) is 10.5. The van der Waals surface area contributed by atoms with E-state index in [4.69, 9.17) is 11.6 Å². The molecule has 0 radical (unpaired) electrons. The molecule has 3 nitrogen and oxygen atoms in total. The summed E-state index contributed by atoms with van der Waals surface area (Å²) in [5.41, 5.74) is 3.40. The van der Waals surface area contributed by atoms with Crippen LogP contribution >= 0.6 is 11.6 Å². The minimum atomic E-state index is -0.333. The Hall–Kier alpha value is -2.20. The van der Waals surface area contributed by atoms with Crippen molar-refractivity contribution >= 4 is 23.4 Å². The van der Waals surface area contributed by atoms with Crippen molar-refractivity contribution in [3.63, 3.8) is 0 Å². The number of halogens is 2. The minimum Gasteiger partial charge on any atom is -0.298 e. The van der Waals surface area contributed by atoms with Crippen molar-refractivity contribution in [3.05, 3.63) is 58.5 Å². The summed E-state index contributed by atoms with van der Waals surface area (Å²) in [6.07, 6.45) is 0.807. The molecule has 0 unspecified atom stereocenters. The molecule has 0 atom stereocenters. The molecule has 2 heterocycles. The highest BCUT2D eigenvalue weighted by atomic mass is 35.5. The lowest BCUT2D eigenvalue weighted by Gasteiger charge is -2.15. The first-order valence-corrected chi connectivity index (χ1v) is 7.33. The Kier molecular flexibility index (Phi) is 3.71. The van der Waals surface area contributed by atoms with Crippen molar-refractivity contribution in [2.24, 2.45) is 0 Å². The summed E-state index contributed by atoms with van der Waals surface area (Å²) in [5, 5.41) is 4.95. The SMILES string of the molecule is CC(C)c1c(C=O)c(-c2ccc(F)cc2)nn2c(Cl)ccc12. The molecule has 0 saturated heterocycles. The zero-order valence-corrected chi connectivity index (χ0v) is 12.9. The van der Waals surface area contributed by atoms with E-state index in [1.165, 1.54) is 12.1 Å². The molecular formula is C17H14ClFN2O. The lowest BCUT2D eigenvalue weighted by molar-refractivity contribution is 0.112. The molecule has 0 amide bonds. The van der Waals surface area contributed by atoms with Crippen LogP contribution < -0.4 is 0 Å². The van der Waals surface area contributed by atoms with Crippen LogP contribution in [0.5, 0.6) is 0 Å². The van der Waals surface area contributed by atoms with Crippen LogP contribution in [0, 0.1) is 5.82 Å². The zero-order valence-electron chi connectivity index (χ0n) is 12.2. The van der Waals surface area contributed by atoms with Gasteiger partial charge in [0.05, 0.1) is 5.52 Å². The van der Waals surface area contributed by atoms with E-state index in [2.05, 4.69) is 5.10 Å². The highest BCUT2D eigenvalue weighted by Crippen LogP contribution is 2.32. The van der Waals surface area contributed by atoms with Crippen LogP contribution in [0.1, 0.15) is 35.7 Å². The second-order valence-corrected chi connectivity index (χ2v) is 5.80. The molecular weight excluding hydrogens is 303 g/mol. The molecule has 0 spiro atoms. The van der Waals surface area contributed by atoms with Crippen LogP contribution in [0.3, 0.4) is 0 Å². The Balaban J connectivity index is 2.40. The number of hydrogen-bond acceptors (Lipinski definition) is 2. The molecule has 0 saturated carbocycles. The van der Waals surface area contributed by atoms with Crippen molar-refractivity contribution in [1.29, 1.82) is 0 Å². The van der Waals surface area contributed by atoms with Crippen LogP contribution in [0.15, 0.2) is 36.4 Å². The van der Waals surface area contributed by atoms with Gasteiger partial charge < -0.3 is 0 Å². The third-order valence-electron chi connectivity index (χ3n) is 3.64. The lowest BCUT2D eigenvalue weighted by atomic mass is 9.94. The van der Waals surface area contributed by atoms with Crippen molar-refractivity contribution in [3.8, 4) is 11.3 Å². The number of fused-ring (bicyclic) bond motifs is 1. The minimum absolute atomic E-state index is 0.121. The van der Waals surface area contributed by atoms with Crippen molar-refractivity contribution in [1.82, 2.24) is 9.61 Å². The van der Waals surface area contributed by atoms with Gasteiger partial charge in [-0.25, -0.2) is 8.91 Å². The molecule has 3 rings (SSSR count). The fourth-order valence-corrected chi connectivity index (χ4v) is 2.87. The average Bonchev–Trinajstić information content (AvgIpc) is 2.87. The normalized spacial score (nSPS) is 11.3. The number of carbonyl (C=O) groups excluding carboxylic acids is 1. The number of carbonyl (C=O) groups is 1. The third kappa shape index (κ3) is 2.29. The third-order valence-corrected chi connectivity index (χ3v) is 3.93. The smallest absolute Gasteiger partial charge is 0.152 e. The molecule has 22 heavy (non-hydrogen) atoms. The number of aromatic nitrogens is 2. The van der Waals surface area contributed by atoms with E-state index >= 15 is 0 Å². The van der Waals surface area contributed by atoms with E-state index in [0.29, 0.717) is 22.0 Å². The van der Waals surface area contributed by atoms with Gasteiger partial charge in [-0.05, 0) is 47.9 Å². The van der Waals surface area contributed by atoms with Crippen LogP contribution in [-0.4, -0.2) is 15.9 Å². The molecule has 0 aliphatic rings. The molecule has 3 aromatic rings. The van der Waals surface area contributed by atoms with Gasteiger partial charge in [-0.15, -0.1) is 0 Å². The molecule has 0 N–H and O–H groups in total. The van der Waals surface area contributed by atoms with E-state index in [1.807, 2.05) is 19.9 Å². The Morgan fingerprint density at radius 1 is 1.18 bits per heavy atom. The first kappa shape index (κ1) is 14.7. The van der Waals surface area contributed by atoms with Crippen molar-refractivity contribution in [2.75, 3.05) is 0 Å². The summed E-state index contributed by atoms with van der Waals surface area (Å²) in [5.74, 6) is -0.212. The van der Waals surface area contributed by atoms with Crippen molar-refractivity contribution < 1.29 is 9.18 Å². The maximum Gasteiger partial charge on any atom is 0.152 e. The molecule has 1 aromatic carbocycles. The summed E-state index contributed by atoms with van der Waals surface area (Å²) < 4.78 is 14.8. The highest BCUT2D eigenvalue weighted by Gasteiger charge is 2.19. The molecule has 0 aliphatic carbocycles. The predicted molar refractivity (Wildman–Crippen MR) is 85.1 cm³/mol. The molecule has 2 aromatic heterocycles. The maximum atomic E-state index is 13.1. The first-order valence-electron chi connectivity index (χ1n) is 6.95. The molecule has 0 aliphatic heterocycles. The predicted octanol–water partition coefficient (Wildman–Crippen LogP) is 4.73. The second-order valence-electron chi connectivity index (χ2n) is 5.41. The number of hydrogen-bond donors (Lipinski definition) is 0. The maximum absolute atomic E-state index is 13.1. The van der Waals surface area contributed by atoms with Gasteiger partial charge in [0.2, 0.25) is 0 Å². The van der Waals surface area contributed by atoms with Crippen molar-refractivity contribution in [2.45, 2.75) is 19.8 Å². The van der Waals surface area contributed by atoms with Gasteiger partial charge in [-0.1, -0.05) is 25.4 Å². The molecule has 5 heteroatoms. The zero-order chi connectivity index (χ0) is 15.9. The average molecular weight is 317 g/mol. The van der Waals surface area contributed by atoms with E-state index < -0.39 is 0 Å². The number of nitrogens with zero attached hydrogens (tertiary/aromatic N) is 2. The Morgan fingerprint density at radius 3 is 2.45 bits per heavy atom. The lowest BCUT2D eigenvalue weighted by Crippen LogP contribution is -2.07. The van der Waals surface area contributed by atoms with Crippen LogP contribution in [-0.2, 0) is 0 Å². The van der Waals surface area contributed by atoms with Crippen LogP contribution in [0.4, 0.5) is 4.39 Å². The van der Waals surface area contributed by atoms with Gasteiger partial charge in [0.15, 0.2) is 6.29 Å². The Bertz CT molecular complexity index is 853. The largest absolute Gasteiger partial charge is 0.298 e. The highest BCUT2D eigenvalue weighted by molar-refractivity contribution is 6.30. The van der Waals surface area contributed by atoms with E-state index in [0.717, 1.165) is 17.4 Å². The quantitative estimate of drug-likeness (QED) is 0.655. The Morgan fingerprint density at radius 2 is 1.86 bits per heavy atom. The number of benzene rings is 1. The molecule has 0 fully saturated rings. The van der Waals surface area contributed by atoms with Crippen LogP contribution in [0.2, 0.25) is 5.15 Å². The monoisotopic (exact) mass is 316 g/mol. The van der Waals surface area contributed by atoms with E-state index in [1.54, 1.807) is 22.7 Å². The van der Waals surface area contributed by atoms with Gasteiger partial charge in [0, 0.05) is 11.1 Å².